The molecule has 0 aromatic heterocycles. The minimum absolute atomic E-state index is 0.417. The van der Waals surface area contributed by atoms with Crippen LogP contribution in [0.5, 0.6) is 0 Å². The Bertz CT molecular complexity index is 1280. The van der Waals surface area contributed by atoms with Gasteiger partial charge in [0.15, 0.2) is 0 Å². The van der Waals surface area contributed by atoms with E-state index in [-0.39, 0.29) is 0 Å². The monoisotopic (exact) mass is 862 g/mol. The van der Waals surface area contributed by atoms with Crippen molar-refractivity contribution in [3.05, 3.63) is 60.8 Å². The summed E-state index contributed by atoms with van der Waals surface area (Å²) in [5.41, 5.74) is 0. The van der Waals surface area contributed by atoms with Crippen molar-refractivity contribution < 1.29 is 96.9 Å². The summed E-state index contributed by atoms with van der Waals surface area (Å²) in [4.78, 5) is 59.1. The quantitative estimate of drug-likeness (QED) is 0.0312. The lowest BCUT2D eigenvalue weighted by atomic mass is 10.1. The number of ether oxygens (including phenoxy) is 10. The number of hydrogen-bond acceptors (Lipinski definition) is 20. The van der Waals surface area contributed by atoms with E-state index >= 15 is 0 Å². The molecule has 0 aromatic rings. The van der Waals surface area contributed by atoms with Gasteiger partial charge >= 0.3 is 29.8 Å². The maximum absolute atomic E-state index is 11.9. The Morgan fingerprint density at radius 3 is 0.833 bits per heavy atom. The van der Waals surface area contributed by atoms with Gasteiger partial charge in [-0.05, 0) is 34.6 Å². The maximum atomic E-state index is 11.9. The van der Waals surface area contributed by atoms with Gasteiger partial charge in [0.05, 0.1) is 46.2 Å². The highest BCUT2D eigenvalue weighted by atomic mass is 16.6. The van der Waals surface area contributed by atoms with Crippen LogP contribution in [-0.2, 0) is 71.3 Å². The molecule has 0 aromatic carbocycles. The topological polar surface area (TPSA) is 279 Å². The van der Waals surface area contributed by atoms with E-state index < -0.39 is 158 Å². The van der Waals surface area contributed by atoms with E-state index in [0.717, 1.165) is 30.4 Å². The summed E-state index contributed by atoms with van der Waals surface area (Å²) in [7, 11) is 0. The molecule has 8 atom stereocenters. The summed E-state index contributed by atoms with van der Waals surface area (Å²) in [6.07, 6.45) is 2.02. The van der Waals surface area contributed by atoms with Crippen LogP contribution >= 0.6 is 0 Å². The zero-order valence-corrected chi connectivity index (χ0v) is 34.7. The predicted molar refractivity (Wildman–Crippen MR) is 210 cm³/mol. The molecule has 0 aliphatic rings. The van der Waals surface area contributed by atoms with Gasteiger partial charge in [0, 0.05) is 30.4 Å². The van der Waals surface area contributed by atoms with E-state index in [9.17, 15) is 49.5 Å². The molecule has 0 aliphatic carbocycles. The van der Waals surface area contributed by atoms with Gasteiger partial charge in [0.1, 0.15) is 81.9 Å². The second-order valence-corrected chi connectivity index (χ2v) is 12.5. The second kappa shape index (κ2) is 35.4. The van der Waals surface area contributed by atoms with Crippen molar-refractivity contribution in [2.24, 2.45) is 0 Å². The summed E-state index contributed by atoms with van der Waals surface area (Å²) in [6, 6.07) is 0. The van der Waals surface area contributed by atoms with E-state index in [1.165, 1.54) is 30.4 Å². The normalized spacial score (nSPS) is 16.1. The van der Waals surface area contributed by atoms with Gasteiger partial charge in [-0.25, -0.2) is 24.0 Å². The van der Waals surface area contributed by atoms with Gasteiger partial charge in [0.2, 0.25) is 0 Å². The van der Waals surface area contributed by atoms with Crippen LogP contribution in [0.4, 0.5) is 0 Å². The third-order valence-electron chi connectivity index (χ3n) is 7.01. The molecule has 0 spiro atoms. The summed E-state index contributed by atoms with van der Waals surface area (Å²) >= 11 is 0. The van der Waals surface area contributed by atoms with E-state index in [4.69, 9.17) is 47.4 Å². The van der Waals surface area contributed by atoms with Gasteiger partial charge in [0.25, 0.3) is 0 Å². The Labute approximate surface area is 349 Å². The van der Waals surface area contributed by atoms with E-state index in [2.05, 4.69) is 0 Å². The van der Waals surface area contributed by atoms with Crippen LogP contribution in [-0.4, -0.2) is 183 Å². The minimum Gasteiger partial charge on any atom is -0.460 e. The van der Waals surface area contributed by atoms with Crippen molar-refractivity contribution in [2.45, 2.75) is 83.5 Å². The van der Waals surface area contributed by atoms with E-state index in [0.29, 0.717) is 0 Å². The third-order valence-corrected chi connectivity index (χ3v) is 7.01. The Balaban J connectivity index is 6.63. The summed E-state index contributed by atoms with van der Waals surface area (Å²) in [6.45, 7) is 2.29. The molecule has 0 fully saturated rings. The molecule has 0 heterocycles. The fourth-order valence-electron chi connectivity index (χ4n) is 4.31. The van der Waals surface area contributed by atoms with Gasteiger partial charge < -0.3 is 72.9 Å². The van der Waals surface area contributed by atoms with Crippen molar-refractivity contribution in [3.63, 3.8) is 0 Å². The molecular formula is C40H62O20. The van der Waals surface area contributed by atoms with Crippen LogP contribution in [0.2, 0.25) is 0 Å². The number of hydrogen-bond donors (Lipinski definition) is 5. The number of esters is 5. The highest BCUT2D eigenvalue weighted by Crippen LogP contribution is 2.17. The molecule has 342 valence electrons. The third kappa shape index (κ3) is 29.8. The summed E-state index contributed by atoms with van der Waals surface area (Å²) in [5, 5.41) is 52.9. The van der Waals surface area contributed by atoms with Crippen molar-refractivity contribution in [1.82, 2.24) is 0 Å². The molecule has 20 heteroatoms. The second-order valence-electron chi connectivity index (χ2n) is 12.5. The molecule has 0 saturated heterocycles. The molecule has 6 unspecified atom stereocenters. The molecular weight excluding hydrogens is 800 g/mol. The summed E-state index contributed by atoms with van der Waals surface area (Å²) in [5.74, 6) is -3.61. The SMILES string of the molecule is CC=CC(=O)OCC(O)COC[C@H](OCC(O)COC(=O)C=CC)C(OCC(O)COC(=O)C=CC)[C@@H](COCC(O)COC(=O)C=CC)OCC(O)COC(=O)C=CC. The first-order chi connectivity index (χ1) is 28.7. The zero-order valence-electron chi connectivity index (χ0n) is 34.7. The average Bonchev–Trinajstić information content (AvgIpc) is 3.20. The molecule has 0 saturated carbocycles. The van der Waals surface area contributed by atoms with Crippen molar-refractivity contribution in [2.75, 3.05) is 79.3 Å². The van der Waals surface area contributed by atoms with Crippen molar-refractivity contribution in [3.8, 4) is 0 Å². The van der Waals surface area contributed by atoms with E-state index in [1.54, 1.807) is 34.6 Å². The molecule has 0 bridgehead atoms. The molecule has 5 N–H and O–H groups in total. The standard InChI is InChI=1S/C40H62O20/c1-6-11-35(46)55-20-28(41)16-51-26-33(53-18-30(43)22-57-37(48)13-8-3)40(60-25-32(45)24-59-39(50)15-10-5)34(54-19-31(44)23-58-38(49)14-9-4)27-52-17-29(42)21-56-36(47)12-7-2/h6-15,28-34,40-45H,16-27H2,1-5H3/t28?,29?,30?,31?,32?,33-,34+,40?. The Kier molecular flexibility index (Phi) is 32.8. The highest BCUT2D eigenvalue weighted by Gasteiger charge is 2.35. The lowest BCUT2D eigenvalue weighted by molar-refractivity contribution is -0.196. The number of carbonyl (C=O) groups excluding carboxylic acids is 5. The van der Waals surface area contributed by atoms with Gasteiger partial charge in [-0.2, -0.15) is 0 Å². The van der Waals surface area contributed by atoms with Crippen LogP contribution in [0.1, 0.15) is 34.6 Å². The smallest absolute Gasteiger partial charge is 0.330 e. The molecule has 60 heavy (non-hydrogen) atoms. The molecule has 20 nitrogen and oxygen atoms in total. The fraction of sp³-hybridized carbons (Fsp3) is 0.625. The first-order valence-electron chi connectivity index (χ1n) is 19.1. The Morgan fingerprint density at radius 1 is 0.350 bits per heavy atom. The van der Waals surface area contributed by atoms with Crippen LogP contribution in [0, 0.1) is 0 Å². The Hall–Kier alpha value is -4.35. The number of aliphatic hydroxyl groups is 5. The number of rotatable bonds is 34. The molecule has 0 amide bonds. The summed E-state index contributed by atoms with van der Waals surface area (Å²) < 4.78 is 54.4. The van der Waals surface area contributed by atoms with Gasteiger partial charge in [-0.15, -0.1) is 0 Å². The number of carbonyl (C=O) groups is 5. The lowest BCUT2D eigenvalue weighted by Gasteiger charge is -2.35. The van der Waals surface area contributed by atoms with E-state index in [1.807, 2.05) is 0 Å². The maximum Gasteiger partial charge on any atom is 0.330 e. The van der Waals surface area contributed by atoms with Crippen LogP contribution in [0.25, 0.3) is 0 Å². The van der Waals surface area contributed by atoms with Crippen LogP contribution in [0.15, 0.2) is 60.8 Å². The fourth-order valence-corrected chi connectivity index (χ4v) is 4.31. The minimum atomic E-state index is -1.43. The first-order valence-corrected chi connectivity index (χ1v) is 19.1. The van der Waals surface area contributed by atoms with Crippen molar-refractivity contribution >= 4 is 29.8 Å². The molecule has 0 rings (SSSR count). The average molecular weight is 863 g/mol. The van der Waals surface area contributed by atoms with Crippen LogP contribution < -0.4 is 0 Å². The number of aliphatic hydroxyl groups excluding tert-OH is 5. The van der Waals surface area contributed by atoms with Gasteiger partial charge in [-0.3, -0.25) is 0 Å². The van der Waals surface area contributed by atoms with Gasteiger partial charge in [-0.1, -0.05) is 30.4 Å². The molecule has 0 radical (unpaired) electrons. The highest BCUT2D eigenvalue weighted by molar-refractivity contribution is 5.83. The Morgan fingerprint density at radius 2 is 0.583 bits per heavy atom. The lowest BCUT2D eigenvalue weighted by Crippen LogP contribution is -2.50. The largest absolute Gasteiger partial charge is 0.460 e. The predicted octanol–water partition coefficient (Wildman–Crippen LogP) is -0.424. The van der Waals surface area contributed by atoms with Crippen molar-refractivity contribution in [1.29, 1.82) is 0 Å². The first kappa shape index (κ1) is 55.7. The molecule has 0 aliphatic heterocycles. The van der Waals surface area contributed by atoms with Crippen LogP contribution in [0.3, 0.4) is 0 Å². The zero-order chi connectivity index (χ0) is 45.1. The number of allylic oxidation sites excluding steroid dienone is 5.